The molecule has 4 nitrogen and oxygen atoms in total. The lowest BCUT2D eigenvalue weighted by molar-refractivity contribution is 0.271. The van der Waals surface area contributed by atoms with Gasteiger partial charge in [0.25, 0.3) is 0 Å². The number of nitrogens with zero attached hydrogens (tertiary/aromatic N) is 3. The molecule has 1 saturated heterocycles. The Labute approximate surface area is 112 Å². The zero-order chi connectivity index (χ0) is 12.5. The number of aliphatic hydroxyl groups excluding tert-OH is 1. The second kappa shape index (κ2) is 5.15. The molecule has 1 aromatic rings. The van der Waals surface area contributed by atoms with Gasteiger partial charge in [-0.3, -0.25) is 0 Å². The van der Waals surface area contributed by atoms with Gasteiger partial charge >= 0.3 is 0 Å². The molecule has 18 heavy (non-hydrogen) atoms. The van der Waals surface area contributed by atoms with E-state index in [2.05, 4.69) is 16.7 Å². The van der Waals surface area contributed by atoms with Gasteiger partial charge in [0, 0.05) is 32.1 Å². The maximum absolute atomic E-state index is 9.43. The molecule has 0 atom stereocenters. The molecule has 5 heteroatoms. The molecule has 1 N–H and O–H groups in total. The maximum Gasteiger partial charge on any atom is 0.185 e. The van der Waals surface area contributed by atoms with Crippen LogP contribution in [0.15, 0.2) is 0 Å². The summed E-state index contributed by atoms with van der Waals surface area (Å²) < 4.78 is 0. The molecule has 0 spiro atoms. The van der Waals surface area contributed by atoms with Gasteiger partial charge in [0.05, 0.1) is 17.2 Å². The van der Waals surface area contributed by atoms with Gasteiger partial charge in [-0.2, -0.15) is 0 Å². The summed E-state index contributed by atoms with van der Waals surface area (Å²) in [5, 5.41) is 10.6. The van der Waals surface area contributed by atoms with Crippen molar-refractivity contribution in [3.8, 4) is 0 Å². The third kappa shape index (κ3) is 2.39. The van der Waals surface area contributed by atoms with E-state index in [0.29, 0.717) is 5.92 Å². The molecular weight excluding hydrogens is 246 g/mol. The molecule has 0 amide bonds. The average molecular weight is 267 g/mol. The number of piperazine rings is 1. The molecule has 1 saturated carbocycles. The highest BCUT2D eigenvalue weighted by Gasteiger charge is 2.30. The van der Waals surface area contributed by atoms with Crippen molar-refractivity contribution in [3.63, 3.8) is 0 Å². The fraction of sp³-hybridized carbons (Fsp3) is 0.769. The Bertz CT molecular complexity index is 408. The van der Waals surface area contributed by atoms with Crippen LogP contribution in [0.5, 0.6) is 0 Å². The zero-order valence-electron chi connectivity index (χ0n) is 10.9. The van der Waals surface area contributed by atoms with Crippen LogP contribution in [-0.4, -0.2) is 47.7 Å². The van der Waals surface area contributed by atoms with Crippen molar-refractivity contribution < 1.29 is 5.11 Å². The van der Waals surface area contributed by atoms with Gasteiger partial charge < -0.3 is 14.9 Å². The lowest BCUT2D eigenvalue weighted by Gasteiger charge is -2.33. The molecule has 0 aromatic carbocycles. The summed E-state index contributed by atoms with van der Waals surface area (Å²) in [6, 6.07) is 0. The smallest absolute Gasteiger partial charge is 0.185 e. The minimum Gasteiger partial charge on any atom is -0.391 e. The van der Waals surface area contributed by atoms with Gasteiger partial charge in [-0.25, -0.2) is 4.98 Å². The maximum atomic E-state index is 9.43. The van der Waals surface area contributed by atoms with Gasteiger partial charge in [0.2, 0.25) is 0 Å². The van der Waals surface area contributed by atoms with Crippen LogP contribution in [-0.2, 0) is 6.61 Å². The number of aliphatic hydroxyl groups is 1. The Kier molecular flexibility index (Phi) is 3.54. The number of anilines is 1. The number of hydrogen-bond acceptors (Lipinski definition) is 5. The monoisotopic (exact) mass is 267 g/mol. The highest BCUT2D eigenvalue weighted by Crippen LogP contribution is 2.44. The van der Waals surface area contributed by atoms with Crippen molar-refractivity contribution in [2.24, 2.45) is 0 Å². The van der Waals surface area contributed by atoms with E-state index in [1.54, 1.807) is 11.3 Å². The number of rotatable bonds is 4. The van der Waals surface area contributed by atoms with E-state index in [4.69, 9.17) is 4.98 Å². The number of hydrogen-bond donors (Lipinski definition) is 1. The van der Waals surface area contributed by atoms with E-state index in [-0.39, 0.29) is 6.61 Å². The number of thiazole rings is 1. The van der Waals surface area contributed by atoms with E-state index in [0.717, 1.165) is 42.7 Å². The Morgan fingerprint density at radius 3 is 2.56 bits per heavy atom. The van der Waals surface area contributed by atoms with Gasteiger partial charge in [-0.05, 0) is 19.4 Å². The van der Waals surface area contributed by atoms with Crippen molar-refractivity contribution >= 4 is 16.5 Å². The standard InChI is InChI=1S/C13H21N3OS/c1-2-15-5-7-16(8-6-15)13-14-12(10-3-4-10)11(9-17)18-13/h10,17H,2-9H2,1H3. The highest BCUT2D eigenvalue weighted by atomic mass is 32.1. The second-order valence-corrected chi connectivity index (χ2v) is 6.22. The summed E-state index contributed by atoms with van der Waals surface area (Å²) in [6.45, 7) is 7.90. The summed E-state index contributed by atoms with van der Waals surface area (Å²) in [6.07, 6.45) is 2.50. The minimum atomic E-state index is 0.151. The van der Waals surface area contributed by atoms with Gasteiger partial charge in [-0.1, -0.05) is 18.3 Å². The first-order chi connectivity index (χ1) is 8.81. The van der Waals surface area contributed by atoms with Crippen LogP contribution in [0.4, 0.5) is 5.13 Å². The lowest BCUT2D eigenvalue weighted by atomic mass is 10.2. The molecule has 2 fully saturated rings. The van der Waals surface area contributed by atoms with E-state index in [1.807, 2.05) is 0 Å². The first kappa shape index (κ1) is 12.4. The molecule has 1 aromatic heterocycles. The fourth-order valence-corrected chi connectivity index (χ4v) is 3.59. The van der Waals surface area contributed by atoms with E-state index >= 15 is 0 Å². The molecule has 2 heterocycles. The van der Waals surface area contributed by atoms with E-state index < -0.39 is 0 Å². The molecule has 1 aliphatic heterocycles. The first-order valence-corrected chi connectivity index (χ1v) is 7.71. The van der Waals surface area contributed by atoms with Gasteiger partial charge in [0.15, 0.2) is 5.13 Å². The van der Waals surface area contributed by atoms with Crippen LogP contribution in [0.25, 0.3) is 0 Å². The lowest BCUT2D eigenvalue weighted by Crippen LogP contribution is -2.46. The molecule has 0 radical (unpaired) electrons. The third-order valence-electron chi connectivity index (χ3n) is 3.91. The molecule has 0 unspecified atom stereocenters. The van der Waals surface area contributed by atoms with Crippen LogP contribution >= 0.6 is 11.3 Å². The minimum absolute atomic E-state index is 0.151. The highest BCUT2D eigenvalue weighted by molar-refractivity contribution is 7.15. The topological polar surface area (TPSA) is 39.6 Å². The summed E-state index contributed by atoms with van der Waals surface area (Å²) in [7, 11) is 0. The predicted octanol–water partition coefficient (Wildman–Crippen LogP) is 1.65. The summed E-state index contributed by atoms with van der Waals surface area (Å²) in [4.78, 5) is 10.7. The Hall–Kier alpha value is -0.650. The Balaban J connectivity index is 1.72. The largest absolute Gasteiger partial charge is 0.391 e. The number of aromatic nitrogens is 1. The predicted molar refractivity (Wildman–Crippen MR) is 74.3 cm³/mol. The van der Waals surface area contributed by atoms with Crippen LogP contribution in [0, 0.1) is 0 Å². The van der Waals surface area contributed by atoms with Crippen molar-refractivity contribution in [2.45, 2.75) is 32.3 Å². The molecule has 2 aliphatic rings. The van der Waals surface area contributed by atoms with Crippen LogP contribution < -0.4 is 4.90 Å². The third-order valence-corrected chi connectivity index (χ3v) is 5.03. The summed E-state index contributed by atoms with van der Waals surface area (Å²) in [5.74, 6) is 0.633. The van der Waals surface area contributed by atoms with E-state index in [9.17, 15) is 5.11 Å². The van der Waals surface area contributed by atoms with Crippen LogP contribution in [0.3, 0.4) is 0 Å². The fourth-order valence-electron chi connectivity index (χ4n) is 2.53. The Morgan fingerprint density at radius 1 is 1.28 bits per heavy atom. The summed E-state index contributed by atoms with van der Waals surface area (Å²) in [5.41, 5.74) is 1.18. The van der Waals surface area contributed by atoms with Crippen LogP contribution in [0.1, 0.15) is 36.3 Å². The Morgan fingerprint density at radius 2 is 2.00 bits per heavy atom. The summed E-state index contributed by atoms with van der Waals surface area (Å²) >= 11 is 1.69. The van der Waals surface area contributed by atoms with Gasteiger partial charge in [-0.15, -0.1) is 0 Å². The van der Waals surface area contributed by atoms with Crippen LogP contribution in [0.2, 0.25) is 0 Å². The molecule has 0 bridgehead atoms. The van der Waals surface area contributed by atoms with Crippen molar-refractivity contribution in [1.82, 2.24) is 9.88 Å². The van der Waals surface area contributed by atoms with Gasteiger partial charge in [0.1, 0.15) is 0 Å². The SMILES string of the molecule is CCN1CCN(c2nc(C3CC3)c(CO)s2)CC1. The molecule has 1 aliphatic carbocycles. The van der Waals surface area contributed by atoms with Crippen molar-refractivity contribution in [3.05, 3.63) is 10.6 Å². The molecule has 3 rings (SSSR count). The van der Waals surface area contributed by atoms with Crippen molar-refractivity contribution in [1.29, 1.82) is 0 Å². The molecular formula is C13H21N3OS. The first-order valence-electron chi connectivity index (χ1n) is 6.89. The quantitative estimate of drug-likeness (QED) is 0.900. The van der Waals surface area contributed by atoms with E-state index in [1.165, 1.54) is 18.5 Å². The normalized spacial score (nSPS) is 21.6. The number of likely N-dealkylation sites (N-methyl/N-ethyl adjacent to an activating group) is 1. The zero-order valence-corrected chi connectivity index (χ0v) is 11.7. The second-order valence-electron chi connectivity index (χ2n) is 5.16. The molecule has 100 valence electrons. The van der Waals surface area contributed by atoms with Crippen molar-refractivity contribution in [2.75, 3.05) is 37.6 Å². The average Bonchev–Trinajstić information content (AvgIpc) is 3.18.